The minimum atomic E-state index is -0.956. The van der Waals surface area contributed by atoms with Crippen LogP contribution >= 0.6 is 0 Å². The number of fused-ring (bicyclic) bond motifs is 2. The van der Waals surface area contributed by atoms with Gasteiger partial charge in [0, 0.05) is 12.1 Å². The van der Waals surface area contributed by atoms with Crippen LogP contribution in [-0.4, -0.2) is 27.9 Å². The first kappa shape index (κ1) is 16.3. The van der Waals surface area contributed by atoms with E-state index in [1.165, 1.54) is 10.3 Å². The molecule has 3 aromatic rings. The van der Waals surface area contributed by atoms with Gasteiger partial charge in [-0.2, -0.15) is 0 Å². The third kappa shape index (κ3) is 2.54. The number of nitrogens with zero attached hydrogens (tertiary/aromatic N) is 1. The summed E-state index contributed by atoms with van der Waals surface area (Å²) in [6, 6.07) is 19.4. The van der Waals surface area contributed by atoms with Crippen LogP contribution < -0.4 is 0 Å². The number of hydrogen-bond acceptors (Lipinski definition) is 2. The molecule has 130 valence electrons. The molecule has 1 aliphatic rings. The molecule has 3 aromatic carbocycles. The topological polar surface area (TPSA) is 57.6 Å². The van der Waals surface area contributed by atoms with Gasteiger partial charge < -0.3 is 10.0 Å². The molecule has 1 aliphatic heterocycles. The van der Waals surface area contributed by atoms with Crippen LogP contribution in [0.15, 0.2) is 60.7 Å². The first-order valence-corrected chi connectivity index (χ1v) is 8.75. The van der Waals surface area contributed by atoms with Gasteiger partial charge in [0.2, 0.25) is 0 Å². The molecule has 4 heteroatoms. The summed E-state index contributed by atoms with van der Waals surface area (Å²) in [7, 11) is 0. The minimum Gasteiger partial charge on any atom is -0.480 e. The maximum Gasteiger partial charge on any atom is 0.326 e. The average molecular weight is 345 g/mol. The van der Waals surface area contributed by atoms with Crippen molar-refractivity contribution in [2.45, 2.75) is 25.9 Å². The van der Waals surface area contributed by atoms with Gasteiger partial charge in [-0.3, -0.25) is 4.79 Å². The minimum absolute atomic E-state index is 0.196. The molecule has 0 unspecified atom stereocenters. The predicted octanol–water partition coefficient (Wildman–Crippen LogP) is 4.33. The van der Waals surface area contributed by atoms with E-state index >= 15 is 0 Å². The lowest BCUT2D eigenvalue weighted by Gasteiger charge is -2.22. The zero-order valence-corrected chi connectivity index (χ0v) is 14.5. The van der Waals surface area contributed by atoms with E-state index in [2.05, 4.69) is 24.3 Å². The van der Waals surface area contributed by atoms with Gasteiger partial charge >= 0.3 is 5.97 Å². The van der Waals surface area contributed by atoms with Crippen LogP contribution in [0.25, 0.3) is 21.9 Å². The Morgan fingerprint density at radius 3 is 2.62 bits per heavy atom. The molecule has 0 saturated carbocycles. The van der Waals surface area contributed by atoms with Crippen LogP contribution in [0.5, 0.6) is 0 Å². The highest BCUT2D eigenvalue weighted by molar-refractivity contribution is 6.02. The molecule has 0 radical (unpaired) electrons. The summed E-state index contributed by atoms with van der Waals surface area (Å²) >= 11 is 0. The molecule has 26 heavy (non-hydrogen) atoms. The van der Waals surface area contributed by atoms with Crippen molar-refractivity contribution in [1.29, 1.82) is 0 Å². The van der Waals surface area contributed by atoms with Crippen molar-refractivity contribution in [3.63, 3.8) is 0 Å². The van der Waals surface area contributed by atoms with Crippen molar-refractivity contribution in [2.24, 2.45) is 0 Å². The summed E-state index contributed by atoms with van der Waals surface area (Å²) < 4.78 is 0. The Hall–Kier alpha value is -3.14. The second kappa shape index (κ2) is 6.30. The fourth-order valence-corrected chi connectivity index (χ4v) is 3.77. The Morgan fingerprint density at radius 2 is 1.85 bits per heavy atom. The molecular formula is C22H19NO3. The van der Waals surface area contributed by atoms with Crippen molar-refractivity contribution < 1.29 is 14.7 Å². The molecule has 1 amide bonds. The normalized spacial score (nSPS) is 14.5. The number of carbonyl (C=O) groups excluding carboxylic acids is 1. The number of carbonyl (C=O) groups is 2. The molecule has 1 N–H and O–H groups in total. The molecule has 0 aromatic heterocycles. The summed E-state index contributed by atoms with van der Waals surface area (Å²) in [5.74, 6) is -1.15. The summed E-state index contributed by atoms with van der Waals surface area (Å²) in [5.41, 5.74) is 3.65. The number of benzene rings is 3. The van der Waals surface area contributed by atoms with Crippen LogP contribution in [0.1, 0.15) is 29.3 Å². The van der Waals surface area contributed by atoms with Gasteiger partial charge in [0.05, 0.1) is 0 Å². The van der Waals surface area contributed by atoms with Crippen LogP contribution in [0.3, 0.4) is 0 Å². The molecule has 0 bridgehead atoms. The Labute approximate surface area is 151 Å². The van der Waals surface area contributed by atoms with E-state index in [0.717, 1.165) is 22.1 Å². The lowest BCUT2D eigenvalue weighted by atomic mass is 9.96. The summed E-state index contributed by atoms with van der Waals surface area (Å²) in [6.45, 7) is 2.13. The van der Waals surface area contributed by atoms with Crippen LogP contribution in [0.4, 0.5) is 0 Å². The fraction of sp³-hybridized carbons (Fsp3) is 0.182. The van der Waals surface area contributed by atoms with E-state index in [0.29, 0.717) is 18.5 Å². The quantitative estimate of drug-likeness (QED) is 0.766. The average Bonchev–Trinajstić information content (AvgIpc) is 2.97. The highest BCUT2D eigenvalue weighted by atomic mass is 16.4. The number of rotatable bonds is 4. The third-order valence-corrected chi connectivity index (χ3v) is 5.09. The Bertz CT molecular complexity index is 1020. The molecule has 1 heterocycles. The Kier molecular flexibility index (Phi) is 3.96. The number of amides is 1. The van der Waals surface area contributed by atoms with Crippen LogP contribution in [0.2, 0.25) is 0 Å². The smallest absolute Gasteiger partial charge is 0.326 e. The predicted molar refractivity (Wildman–Crippen MR) is 101 cm³/mol. The number of hydrogen-bond donors (Lipinski definition) is 1. The Balaban J connectivity index is 1.76. The van der Waals surface area contributed by atoms with E-state index < -0.39 is 12.0 Å². The fourth-order valence-electron chi connectivity index (χ4n) is 3.77. The van der Waals surface area contributed by atoms with E-state index in [1.807, 2.05) is 36.4 Å². The monoisotopic (exact) mass is 345 g/mol. The zero-order chi connectivity index (χ0) is 18.3. The zero-order valence-electron chi connectivity index (χ0n) is 14.5. The van der Waals surface area contributed by atoms with Gasteiger partial charge in [0.1, 0.15) is 6.04 Å². The molecule has 0 saturated heterocycles. The SMILES string of the molecule is CC[C@@H](C(=O)O)N1Cc2cc(-c3cccc4ccccc34)ccc2C1=O. The number of carboxylic acids is 1. The first-order chi connectivity index (χ1) is 12.6. The molecular weight excluding hydrogens is 326 g/mol. The maximum absolute atomic E-state index is 12.6. The van der Waals surface area contributed by atoms with Crippen molar-refractivity contribution in [3.8, 4) is 11.1 Å². The van der Waals surface area contributed by atoms with E-state index in [-0.39, 0.29) is 5.91 Å². The lowest BCUT2D eigenvalue weighted by Crippen LogP contribution is -2.40. The van der Waals surface area contributed by atoms with E-state index in [9.17, 15) is 14.7 Å². The van der Waals surface area contributed by atoms with Gasteiger partial charge in [0.25, 0.3) is 5.91 Å². The molecule has 0 fully saturated rings. The van der Waals surface area contributed by atoms with Gasteiger partial charge in [0.15, 0.2) is 0 Å². The highest BCUT2D eigenvalue weighted by Gasteiger charge is 2.35. The molecule has 4 rings (SSSR count). The number of carboxylic acid groups (broad SMARTS) is 1. The van der Waals surface area contributed by atoms with Crippen LogP contribution in [-0.2, 0) is 11.3 Å². The van der Waals surface area contributed by atoms with E-state index in [4.69, 9.17) is 0 Å². The van der Waals surface area contributed by atoms with E-state index in [1.54, 1.807) is 6.92 Å². The van der Waals surface area contributed by atoms with Gasteiger partial charge in [-0.25, -0.2) is 4.79 Å². The second-order valence-corrected chi connectivity index (χ2v) is 6.59. The van der Waals surface area contributed by atoms with Gasteiger partial charge in [-0.05, 0) is 46.0 Å². The van der Waals surface area contributed by atoms with Crippen molar-refractivity contribution in [1.82, 2.24) is 4.90 Å². The second-order valence-electron chi connectivity index (χ2n) is 6.59. The van der Waals surface area contributed by atoms with Crippen molar-refractivity contribution in [3.05, 3.63) is 71.8 Å². The largest absolute Gasteiger partial charge is 0.480 e. The highest BCUT2D eigenvalue weighted by Crippen LogP contribution is 2.33. The van der Waals surface area contributed by atoms with Crippen molar-refractivity contribution >= 4 is 22.6 Å². The summed E-state index contributed by atoms with van der Waals surface area (Å²) in [4.78, 5) is 25.5. The molecule has 1 atom stereocenters. The Morgan fingerprint density at radius 1 is 1.08 bits per heavy atom. The lowest BCUT2D eigenvalue weighted by molar-refractivity contribution is -0.142. The summed E-state index contributed by atoms with van der Waals surface area (Å²) in [6.07, 6.45) is 0.394. The van der Waals surface area contributed by atoms with Gasteiger partial charge in [-0.15, -0.1) is 0 Å². The van der Waals surface area contributed by atoms with Gasteiger partial charge in [-0.1, -0.05) is 55.5 Å². The summed E-state index contributed by atoms with van der Waals surface area (Å²) in [5, 5.41) is 11.7. The number of aliphatic carboxylic acids is 1. The third-order valence-electron chi connectivity index (χ3n) is 5.09. The molecule has 0 spiro atoms. The maximum atomic E-state index is 12.6. The van der Waals surface area contributed by atoms with Crippen molar-refractivity contribution in [2.75, 3.05) is 0 Å². The molecule has 0 aliphatic carbocycles. The standard InChI is InChI=1S/C22H19NO3/c1-2-20(22(25)26)23-13-16-12-15(10-11-19(16)21(23)24)18-9-5-7-14-6-3-4-8-17(14)18/h3-12,20H,2,13H2,1H3,(H,25,26)/t20-/m0/s1. The van der Waals surface area contributed by atoms with Crippen LogP contribution in [0, 0.1) is 0 Å². The first-order valence-electron chi connectivity index (χ1n) is 8.75. The molecule has 4 nitrogen and oxygen atoms in total.